The van der Waals surface area contributed by atoms with Crippen molar-refractivity contribution < 1.29 is 0 Å². The average Bonchev–Trinajstić information content (AvgIpc) is 2.21. The highest BCUT2D eigenvalue weighted by molar-refractivity contribution is 4.72. The quantitative estimate of drug-likeness (QED) is 0.726. The number of hydrogen-bond acceptors (Lipinski definition) is 2. The van der Waals surface area contributed by atoms with Gasteiger partial charge in [0.2, 0.25) is 0 Å². The summed E-state index contributed by atoms with van der Waals surface area (Å²) in [6, 6.07) is 0. The van der Waals surface area contributed by atoms with Gasteiger partial charge in [0, 0.05) is 0 Å². The lowest BCUT2D eigenvalue weighted by Crippen LogP contribution is -2.36. The van der Waals surface area contributed by atoms with E-state index in [4.69, 9.17) is 0 Å². The van der Waals surface area contributed by atoms with Gasteiger partial charge < -0.3 is 10.2 Å². The Balaban J connectivity index is 2.02. The van der Waals surface area contributed by atoms with Crippen LogP contribution in [-0.2, 0) is 0 Å². The third-order valence-corrected chi connectivity index (χ3v) is 3.46. The lowest BCUT2D eigenvalue weighted by Gasteiger charge is -2.29. The second-order valence-electron chi connectivity index (χ2n) is 4.92. The van der Waals surface area contributed by atoms with Crippen molar-refractivity contribution in [3.63, 3.8) is 0 Å². The van der Waals surface area contributed by atoms with Gasteiger partial charge in [0.25, 0.3) is 0 Å². The zero-order chi connectivity index (χ0) is 10.4. The molecule has 1 aliphatic rings. The van der Waals surface area contributed by atoms with Crippen LogP contribution in [0.15, 0.2) is 0 Å². The van der Waals surface area contributed by atoms with Crippen LogP contribution in [0.4, 0.5) is 0 Å². The molecule has 0 bridgehead atoms. The molecule has 1 unspecified atom stereocenters. The van der Waals surface area contributed by atoms with Gasteiger partial charge in [0.15, 0.2) is 0 Å². The number of likely N-dealkylation sites (tertiary alicyclic amines) is 1. The molecule has 1 N–H and O–H groups in total. The molecule has 0 aromatic heterocycles. The fourth-order valence-electron chi connectivity index (χ4n) is 1.94. The SMILES string of the molecule is CCC(C)CNCC1CCN(C)CC1. The van der Waals surface area contributed by atoms with E-state index in [1.54, 1.807) is 0 Å². The smallest absolute Gasteiger partial charge is 0.00187 e. The number of nitrogens with one attached hydrogen (secondary N) is 1. The van der Waals surface area contributed by atoms with E-state index >= 15 is 0 Å². The first kappa shape index (κ1) is 12.0. The minimum atomic E-state index is 0.835. The molecule has 0 spiro atoms. The van der Waals surface area contributed by atoms with E-state index in [0.29, 0.717) is 0 Å². The predicted octanol–water partition coefficient (Wildman–Crippen LogP) is 1.96. The van der Waals surface area contributed by atoms with Gasteiger partial charge in [-0.05, 0) is 57.9 Å². The van der Waals surface area contributed by atoms with Crippen LogP contribution in [-0.4, -0.2) is 38.1 Å². The Labute approximate surface area is 89.1 Å². The van der Waals surface area contributed by atoms with Gasteiger partial charge in [-0.1, -0.05) is 20.3 Å². The summed E-state index contributed by atoms with van der Waals surface area (Å²) in [4.78, 5) is 2.44. The molecule has 1 fully saturated rings. The maximum atomic E-state index is 3.60. The fourth-order valence-corrected chi connectivity index (χ4v) is 1.94. The van der Waals surface area contributed by atoms with E-state index in [9.17, 15) is 0 Å². The fraction of sp³-hybridized carbons (Fsp3) is 1.00. The highest BCUT2D eigenvalue weighted by atomic mass is 15.1. The Morgan fingerprint density at radius 1 is 1.36 bits per heavy atom. The summed E-state index contributed by atoms with van der Waals surface area (Å²) >= 11 is 0. The van der Waals surface area contributed by atoms with Gasteiger partial charge >= 0.3 is 0 Å². The Morgan fingerprint density at radius 2 is 2.00 bits per heavy atom. The first-order chi connectivity index (χ1) is 6.72. The standard InChI is InChI=1S/C12H26N2/c1-4-11(2)9-13-10-12-5-7-14(3)8-6-12/h11-13H,4-10H2,1-3H3. The summed E-state index contributed by atoms with van der Waals surface area (Å²) in [5.74, 6) is 1.76. The normalized spacial score (nSPS) is 22.5. The van der Waals surface area contributed by atoms with Gasteiger partial charge in [-0.15, -0.1) is 0 Å². The molecule has 0 saturated carbocycles. The molecule has 1 rings (SSSR count). The molecule has 2 nitrogen and oxygen atoms in total. The van der Waals surface area contributed by atoms with E-state index in [-0.39, 0.29) is 0 Å². The molecule has 0 aliphatic carbocycles. The first-order valence-electron chi connectivity index (χ1n) is 6.11. The van der Waals surface area contributed by atoms with Crippen molar-refractivity contribution in [1.82, 2.24) is 10.2 Å². The summed E-state index contributed by atoms with van der Waals surface area (Å²) in [6.45, 7) is 9.59. The van der Waals surface area contributed by atoms with Crippen LogP contribution < -0.4 is 5.32 Å². The van der Waals surface area contributed by atoms with Crippen LogP contribution >= 0.6 is 0 Å². The molecule has 0 amide bonds. The molecule has 84 valence electrons. The third-order valence-electron chi connectivity index (χ3n) is 3.46. The van der Waals surface area contributed by atoms with Gasteiger partial charge in [0.1, 0.15) is 0 Å². The molecule has 1 heterocycles. The Bertz CT molecular complexity index is 139. The Morgan fingerprint density at radius 3 is 2.57 bits per heavy atom. The molecular formula is C12H26N2. The number of piperidine rings is 1. The molecular weight excluding hydrogens is 172 g/mol. The summed E-state index contributed by atoms with van der Waals surface area (Å²) < 4.78 is 0. The summed E-state index contributed by atoms with van der Waals surface area (Å²) in [5.41, 5.74) is 0. The van der Waals surface area contributed by atoms with Gasteiger partial charge in [-0.25, -0.2) is 0 Å². The van der Waals surface area contributed by atoms with Crippen molar-refractivity contribution in [3.05, 3.63) is 0 Å². The van der Waals surface area contributed by atoms with Crippen LogP contribution in [0.5, 0.6) is 0 Å². The van der Waals surface area contributed by atoms with Crippen LogP contribution in [0.25, 0.3) is 0 Å². The van der Waals surface area contributed by atoms with Crippen molar-refractivity contribution >= 4 is 0 Å². The molecule has 0 aromatic rings. The largest absolute Gasteiger partial charge is 0.316 e. The molecule has 0 radical (unpaired) electrons. The van der Waals surface area contributed by atoms with Crippen LogP contribution in [0.3, 0.4) is 0 Å². The predicted molar refractivity (Wildman–Crippen MR) is 62.5 cm³/mol. The van der Waals surface area contributed by atoms with Gasteiger partial charge in [-0.2, -0.15) is 0 Å². The highest BCUT2D eigenvalue weighted by Crippen LogP contribution is 2.14. The summed E-state index contributed by atoms with van der Waals surface area (Å²) in [6.07, 6.45) is 4.05. The highest BCUT2D eigenvalue weighted by Gasteiger charge is 2.15. The van der Waals surface area contributed by atoms with E-state index < -0.39 is 0 Å². The summed E-state index contributed by atoms with van der Waals surface area (Å²) in [7, 11) is 2.23. The zero-order valence-corrected chi connectivity index (χ0v) is 10.1. The average molecular weight is 198 g/mol. The molecule has 1 aliphatic heterocycles. The number of hydrogen-bond donors (Lipinski definition) is 1. The zero-order valence-electron chi connectivity index (χ0n) is 10.1. The Kier molecular flexibility index (Phi) is 5.49. The second-order valence-corrected chi connectivity index (χ2v) is 4.92. The molecule has 2 heteroatoms. The minimum absolute atomic E-state index is 0.835. The van der Waals surface area contributed by atoms with Gasteiger partial charge in [-0.3, -0.25) is 0 Å². The third kappa shape index (κ3) is 4.43. The maximum absolute atomic E-state index is 3.60. The monoisotopic (exact) mass is 198 g/mol. The van der Waals surface area contributed by atoms with Crippen LogP contribution in [0.1, 0.15) is 33.1 Å². The maximum Gasteiger partial charge on any atom is -0.00187 e. The molecule has 1 saturated heterocycles. The number of rotatable bonds is 5. The van der Waals surface area contributed by atoms with Crippen molar-refractivity contribution in [3.8, 4) is 0 Å². The Hall–Kier alpha value is -0.0800. The number of nitrogens with zero attached hydrogens (tertiary/aromatic N) is 1. The van der Waals surface area contributed by atoms with Crippen molar-refractivity contribution in [2.75, 3.05) is 33.2 Å². The van der Waals surface area contributed by atoms with Crippen LogP contribution in [0, 0.1) is 11.8 Å². The van der Waals surface area contributed by atoms with Crippen molar-refractivity contribution in [2.45, 2.75) is 33.1 Å². The molecule has 1 atom stereocenters. The summed E-state index contributed by atoms with van der Waals surface area (Å²) in [5, 5.41) is 3.60. The van der Waals surface area contributed by atoms with E-state index in [1.165, 1.54) is 45.4 Å². The lowest BCUT2D eigenvalue weighted by molar-refractivity contribution is 0.214. The minimum Gasteiger partial charge on any atom is -0.316 e. The van der Waals surface area contributed by atoms with Gasteiger partial charge in [0.05, 0.1) is 0 Å². The van der Waals surface area contributed by atoms with Crippen molar-refractivity contribution in [1.29, 1.82) is 0 Å². The van der Waals surface area contributed by atoms with Crippen LogP contribution in [0.2, 0.25) is 0 Å². The molecule has 0 aromatic carbocycles. The topological polar surface area (TPSA) is 15.3 Å². The second kappa shape index (κ2) is 6.41. The molecule has 14 heavy (non-hydrogen) atoms. The van der Waals surface area contributed by atoms with Crippen molar-refractivity contribution in [2.24, 2.45) is 11.8 Å². The van der Waals surface area contributed by atoms with E-state index in [2.05, 4.69) is 31.1 Å². The van der Waals surface area contributed by atoms with E-state index in [1.807, 2.05) is 0 Å². The lowest BCUT2D eigenvalue weighted by atomic mass is 9.97. The van der Waals surface area contributed by atoms with E-state index in [0.717, 1.165) is 11.8 Å². The first-order valence-corrected chi connectivity index (χ1v) is 6.11.